The summed E-state index contributed by atoms with van der Waals surface area (Å²) in [5, 5.41) is 0.640. The van der Waals surface area contributed by atoms with Crippen LogP contribution in [0.5, 0.6) is 5.88 Å². The highest BCUT2D eigenvalue weighted by Crippen LogP contribution is 2.31. The molecule has 3 rings (SSSR count). The molecule has 27 heavy (non-hydrogen) atoms. The number of nitrogens with one attached hydrogen (secondary N) is 1. The number of alkyl halides is 3. The van der Waals surface area contributed by atoms with E-state index in [4.69, 9.17) is 4.74 Å². The van der Waals surface area contributed by atoms with Crippen LogP contribution in [-0.4, -0.2) is 35.1 Å². The second-order valence-electron chi connectivity index (χ2n) is 5.11. The van der Waals surface area contributed by atoms with E-state index in [1.54, 1.807) is 18.3 Å². The van der Waals surface area contributed by atoms with Crippen molar-refractivity contribution in [2.45, 2.75) is 6.18 Å². The summed E-state index contributed by atoms with van der Waals surface area (Å²) >= 11 is 1.26. The van der Waals surface area contributed by atoms with Crippen molar-refractivity contribution in [3.05, 3.63) is 42.1 Å². The lowest BCUT2D eigenvalue weighted by molar-refractivity contribution is -0.204. The number of rotatable bonds is 3. The molecule has 0 bridgehead atoms. The summed E-state index contributed by atoms with van der Waals surface area (Å²) in [5.41, 5.74) is 2.82. The van der Waals surface area contributed by atoms with Crippen molar-refractivity contribution in [1.29, 1.82) is 0 Å². The van der Waals surface area contributed by atoms with Crippen molar-refractivity contribution in [3.8, 4) is 16.5 Å². The molecule has 0 aliphatic rings. The minimum atomic E-state index is -5.20. The fourth-order valence-electron chi connectivity index (χ4n) is 2.03. The van der Waals surface area contributed by atoms with E-state index < -0.39 is 18.1 Å². The fraction of sp³-hybridized carbons (Fsp3) is 0.125. The molecular weight excluding hydrogens is 387 g/mol. The van der Waals surface area contributed by atoms with Crippen LogP contribution in [0.1, 0.15) is 10.4 Å². The number of nitrogens with zero attached hydrogens (tertiary/aromatic N) is 2. The molecule has 0 atom stereocenters. The number of ether oxygens (including phenoxy) is 1. The fourth-order valence-corrected chi connectivity index (χ4v) is 3.02. The number of methoxy groups -OCH3 is 1. The standard InChI is InChI=1S/C16H10F3N3O4S/c1-25-12-5-3-9(7-20-12)14-21-10-4-2-8(6-11(10)27-14)13(23)22-26-15(24)16(17,18)19/h2-7H,1H3,(H,22,23). The Morgan fingerprint density at radius 3 is 2.59 bits per heavy atom. The van der Waals surface area contributed by atoms with Crippen LogP contribution in [0, 0.1) is 0 Å². The van der Waals surface area contributed by atoms with E-state index >= 15 is 0 Å². The van der Waals surface area contributed by atoms with Crippen molar-refractivity contribution >= 4 is 33.4 Å². The predicted octanol–water partition coefficient (Wildman–Crippen LogP) is 3.12. The molecule has 0 radical (unpaired) electrons. The lowest BCUT2D eigenvalue weighted by Gasteiger charge is -2.07. The molecule has 0 fully saturated rings. The summed E-state index contributed by atoms with van der Waals surface area (Å²) in [4.78, 5) is 34.7. The molecule has 7 nitrogen and oxygen atoms in total. The van der Waals surface area contributed by atoms with Crippen LogP contribution in [0.25, 0.3) is 20.8 Å². The Morgan fingerprint density at radius 2 is 1.96 bits per heavy atom. The molecule has 0 saturated heterocycles. The maximum absolute atomic E-state index is 12.1. The van der Waals surface area contributed by atoms with Gasteiger partial charge in [0.05, 0.1) is 17.3 Å². The summed E-state index contributed by atoms with van der Waals surface area (Å²) in [5.74, 6) is -3.05. The average molecular weight is 397 g/mol. The lowest BCUT2D eigenvalue weighted by atomic mass is 10.2. The number of hydrogen-bond donors (Lipinski definition) is 1. The molecule has 0 aliphatic heterocycles. The number of hydroxylamine groups is 1. The molecule has 0 saturated carbocycles. The first kappa shape index (κ1) is 18.6. The lowest BCUT2D eigenvalue weighted by Crippen LogP contribution is -2.34. The number of carbonyl (C=O) groups excluding carboxylic acids is 2. The van der Waals surface area contributed by atoms with E-state index in [0.717, 1.165) is 5.56 Å². The van der Waals surface area contributed by atoms with Gasteiger partial charge in [-0.05, 0) is 24.3 Å². The summed E-state index contributed by atoms with van der Waals surface area (Å²) in [6, 6.07) is 7.77. The Balaban J connectivity index is 1.79. The Morgan fingerprint density at radius 1 is 1.19 bits per heavy atom. The molecule has 0 spiro atoms. The van der Waals surface area contributed by atoms with Gasteiger partial charge >= 0.3 is 12.1 Å². The van der Waals surface area contributed by atoms with Gasteiger partial charge in [-0.25, -0.2) is 14.8 Å². The molecule has 140 valence electrons. The van der Waals surface area contributed by atoms with Gasteiger partial charge in [0.1, 0.15) is 5.01 Å². The summed E-state index contributed by atoms with van der Waals surface area (Å²) in [6.45, 7) is 0. The second kappa shape index (κ2) is 7.19. The number of carbonyl (C=O) groups is 2. The number of halogens is 3. The molecule has 2 aromatic heterocycles. The van der Waals surface area contributed by atoms with Gasteiger partial charge in [0, 0.05) is 23.4 Å². The third-order valence-corrected chi connectivity index (χ3v) is 4.38. The van der Waals surface area contributed by atoms with E-state index in [1.807, 2.05) is 0 Å². The molecule has 1 N–H and O–H groups in total. The first-order chi connectivity index (χ1) is 12.8. The van der Waals surface area contributed by atoms with E-state index in [1.165, 1.54) is 42.1 Å². The summed E-state index contributed by atoms with van der Waals surface area (Å²) < 4.78 is 41.8. The van der Waals surface area contributed by atoms with E-state index in [-0.39, 0.29) is 5.56 Å². The van der Waals surface area contributed by atoms with E-state index in [9.17, 15) is 22.8 Å². The number of thiazole rings is 1. The first-order valence-corrected chi connectivity index (χ1v) is 8.09. The van der Waals surface area contributed by atoms with E-state index in [0.29, 0.717) is 21.1 Å². The third-order valence-electron chi connectivity index (χ3n) is 3.31. The topological polar surface area (TPSA) is 90.4 Å². The Kier molecular flexibility index (Phi) is 4.95. The van der Waals surface area contributed by atoms with Gasteiger partial charge in [0.25, 0.3) is 5.91 Å². The monoisotopic (exact) mass is 397 g/mol. The molecule has 1 aromatic carbocycles. The van der Waals surface area contributed by atoms with Gasteiger partial charge in [-0.1, -0.05) is 0 Å². The van der Waals surface area contributed by atoms with Crippen LogP contribution < -0.4 is 10.2 Å². The Bertz CT molecular complexity index is 1000. The average Bonchev–Trinajstić information content (AvgIpc) is 3.08. The highest BCUT2D eigenvalue weighted by atomic mass is 32.1. The minimum Gasteiger partial charge on any atom is -0.481 e. The summed E-state index contributed by atoms with van der Waals surface area (Å²) in [7, 11) is 1.50. The highest BCUT2D eigenvalue weighted by molar-refractivity contribution is 7.21. The molecule has 11 heteroatoms. The second-order valence-corrected chi connectivity index (χ2v) is 6.14. The number of pyridine rings is 1. The van der Waals surface area contributed by atoms with Gasteiger partial charge in [-0.3, -0.25) is 4.79 Å². The molecule has 2 heterocycles. The van der Waals surface area contributed by atoms with Crippen LogP contribution in [0.15, 0.2) is 36.5 Å². The number of fused-ring (bicyclic) bond motifs is 1. The highest BCUT2D eigenvalue weighted by Gasteiger charge is 2.42. The van der Waals surface area contributed by atoms with Crippen LogP contribution in [0.2, 0.25) is 0 Å². The first-order valence-electron chi connectivity index (χ1n) is 7.27. The molecule has 0 aliphatic carbocycles. The number of amides is 1. The van der Waals surface area contributed by atoms with Crippen LogP contribution >= 0.6 is 11.3 Å². The van der Waals surface area contributed by atoms with Crippen LogP contribution in [0.3, 0.4) is 0 Å². The number of hydrogen-bond acceptors (Lipinski definition) is 7. The zero-order valence-corrected chi connectivity index (χ0v) is 14.4. The zero-order valence-electron chi connectivity index (χ0n) is 13.5. The molecule has 3 aromatic rings. The Labute approximate surface area is 153 Å². The smallest absolute Gasteiger partial charge is 0.481 e. The SMILES string of the molecule is COc1ccc(-c2nc3ccc(C(=O)NOC(=O)C(F)(F)F)cc3s2)cn1. The maximum Gasteiger partial charge on any atom is 0.493 e. The Hall–Kier alpha value is -3.21. The normalized spacial score (nSPS) is 11.3. The maximum atomic E-state index is 12.1. The number of aromatic nitrogens is 2. The number of benzene rings is 1. The quantitative estimate of drug-likeness (QED) is 0.683. The van der Waals surface area contributed by atoms with Crippen LogP contribution in [-0.2, 0) is 9.63 Å². The largest absolute Gasteiger partial charge is 0.493 e. The zero-order chi connectivity index (χ0) is 19.6. The molecular formula is C16H10F3N3O4S. The minimum absolute atomic E-state index is 0.0144. The van der Waals surface area contributed by atoms with Crippen molar-refractivity contribution in [1.82, 2.24) is 15.4 Å². The summed E-state index contributed by atoms with van der Waals surface area (Å²) in [6.07, 6.45) is -3.61. The van der Waals surface area contributed by atoms with Gasteiger partial charge in [-0.15, -0.1) is 11.3 Å². The van der Waals surface area contributed by atoms with Gasteiger partial charge in [0.2, 0.25) is 5.88 Å². The van der Waals surface area contributed by atoms with Gasteiger partial charge < -0.3 is 9.57 Å². The molecule has 1 amide bonds. The van der Waals surface area contributed by atoms with Crippen molar-refractivity contribution in [2.75, 3.05) is 7.11 Å². The predicted molar refractivity (Wildman–Crippen MR) is 89.0 cm³/mol. The van der Waals surface area contributed by atoms with Crippen molar-refractivity contribution < 1.29 is 32.3 Å². The van der Waals surface area contributed by atoms with Gasteiger partial charge in [0.15, 0.2) is 0 Å². The van der Waals surface area contributed by atoms with Gasteiger partial charge in [-0.2, -0.15) is 18.7 Å². The van der Waals surface area contributed by atoms with Crippen molar-refractivity contribution in [3.63, 3.8) is 0 Å². The van der Waals surface area contributed by atoms with Crippen LogP contribution in [0.4, 0.5) is 13.2 Å². The molecule has 0 unspecified atom stereocenters. The van der Waals surface area contributed by atoms with E-state index in [2.05, 4.69) is 14.8 Å². The van der Waals surface area contributed by atoms with Crippen molar-refractivity contribution in [2.24, 2.45) is 0 Å². The third kappa shape index (κ3) is 4.14.